The number of hydrogen-bond donors (Lipinski definition) is 2. The summed E-state index contributed by atoms with van der Waals surface area (Å²) in [6, 6.07) is 0. The summed E-state index contributed by atoms with van der Waals surface area (Å²) in [4.78, 5) is 0. The van der Waals surface area contributed by atoms with Gasteiger partial charge in [0.25, 0.3) is 0 Å². The van der Waals surface area contributed by atoms with Crippen molar-refractivity contribution in [3.8, 4) is 0 Å². The Kier molecular flexibility index (Phi) is 4.05. The molecule has 3 heteroatoms. The summed E-state index contributed by atoms with van der Waals surface area (Å²) in [5.74, 6) is 0.124. The van der Waals surface area contributed by atoms with Crippen LogP contribution in [0.15, 0.2) is 0 Å². The maximum atomic E-state index is 7.01. The van der Waals surface area contributed by atoms with Crippen LogP contribution in [0.3, 0.4) is 0 Å². The minimum Gasteiger partial charge on any atom is -0.385 e. The number of hydrogen-bond acceptors (Lipinski definition) is 2. The molecule has 0 fully saturated rings. The molecule has 0 amide bonds. The Morgan fingerprint density at radius 3 is 2.33 bits per heavy atom. The first kappa shape index (κ1) is 8.43. The van der Waals surface area contributed by atoms with E-state index in [-0.39, 0.29) is 11.9 Å². The van der Waals surface area contributed by atoms with Crippen molar-refractivity contribution >= 4 is 5.84 Å². The number of amidine groups is 1. The van der Waals surface area contributed by atoms with Crippen LogP contribution < -0.4 is 5.73 Å². The van der Waals surface area contributed by atoms with Crippen LogP contribution in [-0.4, -0.2) is 18.5 Å². The summed E-state index contributed by atoms with van der Waals surface area (Å²) in [6.07, 6.45) is 0.610. The normalized spacial score (nSPS) is 13.1. The van der Waals surface area contributed by atoms with E-state index in [1.807, 2.05) is 13.8 Å². The average Bonchev–Trinajstić information content (AvgIpc) is 1.82. The van der Waals surface area contributed by atoms with Gasteiger partial charge in [0.15, 0.2) is 0 Å². The molecule has 0 heterocycles. The first-order valence-electron chi connectivity index (χ1n) is 3.17. The van der Waals surface area contributed by atoms with Crippen LogP contribution in [0.2, 0.25) is 0 Å². The predicted molar refractivity (Wildman–Crippen MR) is 37.6 cm³/mol. The molecule has 0 saturated heterocycles. The van der Waals surface area contributed by atoms with Crippen LogP contribution in [0.25, 0.3) is 0 Å². The van der Waals surface area contributed by atoms with Gasteiger partial charge in [-0.2, -0.15) is 0 Å². The van der Waals surface area contributed by atoms with Crippen molar-refractivity contribution in [2.75, 3.05) is 6.61 Å². The van der Waals surface area contributed by atoms with Gasteiger partial charge in [-0.05, 0) is 13.3 Å². The molecule has 0 radical (unpaired) electrons. The fraction of sp³-hybridized carbons (Fsp3) is 0.833. The average molecular weight is 130 g/mol. The lowest BCUT2D eigenvalue weighted by Gasteiger charge is -2.11. The van der Waals surface area contributed by atoms with E-state index < -0.39 is 0 Å². The van der Waals surface area contributed by atoms with Crippen molar-refractivity contribution in [1.82, 2.24) is 0 Å². The van der Waals surface area contributed by atoms with Gasteiger partial charge >= 0.3 is 0 Å². The molecule has 0 aromatic rings. The lowest BCUT2D eigenvalue weighted by atomic mass is 10.2. The van der Waals surface area contributed by atoms with Gasteiger partial charge in [0, 0.05) is 6.61 Å². The van der Waals surface area contributed by atoms with Gasteiger partial charge < -0.3 is 10.5 Å². The van der Waals surface area contributed by atoms with Crippen LogP contribution in [0.1, 0.15) is 20.3 Å². The largest absolute Gasteiger partial charge is 0.385 e. The molecular formula is C6H14N2O. The van der Waals surface area contributed by atoms with E-state index in [4.69, 9.17) is 15.9 Å². The molecule has 3 nitrogen and oxygen atoms in total. The van der Waals surface area contributed by atoms with E-state index in [0.717, 1.165) is 6.42 Å². The second-order valence-electron chi connectivity index (χ2n) is 1.81. The van der Waals surface area contributed by atoms with Gasteiger partial charge in [-0.25, -0.2) is 0 Å². The van der Waals surface area contributed by atoms with Crippen LogP contribution in [0.4, 0.5) is 0 Å². The smallest absolute Gasteiger partial charge is 0.120 e. The van der Waals surface area contributed by atoms with Gasteiger partial charge in [0.05, 0.1) is 0 Å². The molecule has 0 saturated carbocycles. The van der Waals surface area contributed by atoms with Crippen LogP contribution in [0.5, 0.6) is 0 Å². The lowest BCUT2D eigenvalue weighted by Crippen LogP contribution is -2.29. The molecular weight excluding hydrogens is 116 g/mol. The zero-order valence-corrected chi connectivity index (χ0v) is 5.98. The SMILES string of the molecule is CCOC(CC)C(=N)N. The minimum atomic E-state index is -0.171. The van der Waals surface area contributed by atoms with E-state index in [9.17, 15) is 0 Å². The lowest BCUT2D eigenvalue weighted by molar-refractivity contribution is 0.106. The highest BCUT2D eigenvalue weighted by molar-refractivity contribution is 5.81. The minimum absolute atomic E-state index is 0.124. The second kappa shape index (κ2) is 4.32. The van der Waals surface area contributed by atoms with Crippen LogP contribution in [-0.2, 0) is 4.74 Å². The fourth-order valence-electron chi connectivity index (χ4n) is 0.629. The molecule has 1 atom stereocenters. The molecule has 0 aliphatic rings. The Balaban J connectivity index is 3.54. The summed E-state index contributed by atoms with van der Waals surface area (Å²) in [5.41, 5.74) is 5.19. The third-order valence-electron chi connectivity index (χ3n) is 1.09. The van der Waals surface area contributed by atoms with E-state index >= 15 is 0 Å². The van der Waals surface area contributed by atoms with E-state index in [2.05, 4.69) is 0 Å². The Morgan fingerprint density at radius 1 is 1.67 bits per heavy atom. The van der Waals surface area contributed by atoms with Crippen molar-refractivity contribution in [2.45, 2.75) is 26.4 Å². The maximum Gasteiger partial charge on any atom is 0.120 e. The summed E-state index contributed by atoms with van der Waals surface area (Å²) in [7, 11) is 0. The number of nitrogens with two attached hydrogens (primary N) is 1. The Bertz CT molecular complexity index is 93.1. The molecule has 54 valence electrons. The molecule has 3 N–H and O–H groups in total. The van der Waals surface area contributed by atoms with Gasteiger partial charge in [-0.1, -0.05) is 6.92 Å². The number of ether oxygens (including phenoxy) is 1. The zero-order valence-electron chi connectivity index (χ0n) is 5.98. The first-order chi connectivity index (χ1) is 4.22. The quantitative estimate of drug-likeness (QED) is 0.435. The van der Waals surface area contributed by atoms with Gasteiger partial charge in [-0.15, -0.1) is 0 Å². The standard InChI is InChI=1S/C6H14N2O/c1-3-5(6(7)8)9-4-2/h5H,3-4H2,1-2H3,(H3,7,8). The Hall–Kier alpha value is -0.570. The summed E-state index contributed by atoms with van der Waals surface area (Å²) >= 11 is 0. The van der Waals surface area contributed by atoms with Crippen molar-refractivity contribution in [1.29, 1.82) is 5.41 Å². The third-order valence-corrected chi connectivity index (χ3v) is 1.09. The number of rotatable bonds is 4. The maximum absolute atomic E-state index is 7.01. The van der Waals surface area contributed by atoms with Crippen molar-refractivity contribution in [2.24, 2.45) is 5.73 Å². The van der Waals surface area contributed by atoms with Crippen molar-refractivity contribution < 1.29 is 4.74 Å². The fourth-order valence-corrected chi connectivity index (χ4v) is 0.629. The van der Waals surface area contributed by atoms with E-state index in [0.29, 0.717) is 6.61 Å². The first-order valence-corrected chi connectivity index (χ1v) is 3.17. The van der Waals surface area contributed by atoms with Gasteiger partial charge in [0.2, 0.25) is 0 Å². The predicted octanol–water partition coefficient (Wildman–Crippen LogP) is 0.737. The monoisotopic (exact) mass is 130 g/mol. The van der Waals surface area contributed by atoms with Crippen LogP contribution >= 0.6 is 0 Å². The molecule has 0 bridgehead atoms. The Morgan fingerprint density at radius 2 is 2.22 bits per heavy atom. The highest BCUT2D eigenvalue weighted by Crippen LogP contribution is 1.95. The molecule has 0 aromatic heterocycles. The molecule has 0 rings (SSSR count). The summed E-state index contributed by atoms with van der Waals surface area (Å²) < 4.78 is 5.10. The highest BCUT2D eigenvalue weighted by atomic mass is 16.5. The van der Waals surface area contributed by atoms with Gasteiger partial charge in [-0.3, -0.25) is 5.41 Å². The molecule has 0 spiro atoms. The summed E-state index contributed by atoms with van der Waals surface area (Å²) in [5, 5.41) is 7.01. The molecule has 0 aliphatic heterocycles. The summed E-state index contributed by atoms with van der Waals surface area (Å²) in [6.45, 7) is 4.46. The van der Waals surface area contributed by atoms with Crippen molar-refractivity contribution in [3.05, 3.63) is 0 Å². The zero-order chi connectivity index (χ0) is 7.28. The van der Waals surface area contributed by atoms with Crippen LogP contribution in [0, 0.1) is 5.41 Å². The molecule has 9 heavy (non-hydrogen) atoms. The topological polar surface area (TPSA) is 59.1 Å². The third kappa shape index (κ3) is 3.08. The van der Waals surface area contributed by atoms with Crippen molar-refractivity contribution in [3.63, 3.8) is 0 Å². The molecule has 0 aliphatic carbocycles. The highest BCUT2D eigenvalue weighted by Gasteiger charge is 2.06. The van der Waals surface area contributed by atoms with Gasteiger partial charge in [0.1, 0.15) is 11.9 Å². The molecule has 0 aromatic carbocycles. The molecule has 1 unspecified atom stereocenters. The van der Waals surface area contributed by atoms with E-state index in [1.165, 1.54) is 0 Å². The van der Waals surface area contributed by atoms with E-state index in [1.54, 1.807) is 0 Å². The number of nitrogens with one attached hydrogen (secondary N) is 1. The Labute approximate surface area is 55.7 Å². The second-order valence-corrected chi connectivity index (χ2v) is 1.81.